The van der Waals surface area contributed by atoms with E-state index in [9.17, 15) is 4.79 Å². The van der Waals surface area contributed by atoms with Gasteiger partial charge in [-0.3, -0.25) is 4.79 Å². The Labute approximate surface area is 115 Å². The van der Waals surface area contributed by atoms with Gasteiger partial charge in [0.1, 0.15) is 0 Å². The Bertz CT molecular complexity index is 396. The number of amides is 1. The highest BCUT2D eigenvalue weighted by atomic mass is 79.9. The minimum atomic E-state index is -0.0761. The number of hydrogen-bond donors (Lipinski definition) is 2. The maximum absolute atomic E-state index is 11.8. The number of aliphatic hydroxyl groups excluding tert-OH is 1. The molecule has 0 bridgehead atoms. The SMILES string of the molecule is Cc1cc(C(=O)NCCCOCCO)ccc1Br. The molecular formula is C13H18BrNO3. The Morgan fingerprint density at radius 1 is 1.44 bits per heavy atom. The van der Waals surface area contributed by atoms with Gasteiger partial charge in [-0.1, -0.05) is 15.9 Å². The molecule has 2 N–H and O–H groups in total. The molecule has 0 heterocycles. The van der Waals surface area contributed by atoms with Crippen LogP contribution in [0.2, 0.25) is 0 Å². The van der Waals surface area contributed by atoms with Gasteiger partial charge < -0.3 is 15.2 Å². The van der Waals surface area contributed by atoms with Crippen molar-refractivity contribution < 1.29 is 14.6 Å². The van der Waals surface area contributed by atoms with Gasteiger partial charge in [-0.2, -0.15) is 0 Å². The fraction of sp³-hybridized carbons (Fsp3) is 0.462. The highest BCUT2D eigenvalue weighted by Gasteiger charge is 2.05. The first-order chi connectivity index (χ1) is 8.65. The molecule has 0 aliphatic rings. The molecule has 0 aromatic heterocycles. The summed E-state index contributed by atoms with van der Waals surface area (Å²) in [5, 5.41) is 11.3. The summed E-state index contributed by atoms with van der Waals surface area (Å²) in [7, 11) is 0. The van der Waals surface area contributed by atoms with E-state index in [4.69, 9.17) is 9.84 Å². The lowest BCUT2D eigenvalue weighted by Crippen LogP contribution is -2.25. The molecule has 0 unspecified atom stereocenters. The van der Waals surface area contributed by atoms with E-state index in [1.54, 1.807) is 6.07 Å². The van der Waals surface area contributed by atoms with Gasteiger partial charge in [-0.15, -0.1) is 0 Å². The van der Waals surface area contributed by atoms with E-state index in [0.717, 1.165) is 16.5 Å². The van der Waals surface area contributed by atoms with E-state index < -0.39 is 0 Å². The second kappa shape index (κ2) is 8.24. The van der Waals surface area contributed by atoms with Crippen molar-refractivity contribution in [1.82, 2.24) is 5.32 Å². The third kappa shape index (κ3) is 5.16. The van der Waals surface area contributed by atoms with Crippen molar-refractivity contribution in [3.63, 3.8) is 0 Å². The summed E-state index contributed by atoms with van der Waals surface area (Å²) in [6.45, 7) is 3.44. The number of rotatable bonds is 7. The van der Waals surface area contributed by atoms with Crippen molar-refractivity contribution in [3.05, 3.63) is 33.8 Å². The van der Waals surface area contributed by atoms with E-state index in [1.165, 1.54) is 0 Å². The largest absolute Gasteiger partial charge is 0.394 e. The molecule has 0 atom stereocenters. The van der Waals surface area contributed by atoms with Gasteiger partial charge >= 0.3 is 0 Å². The first kappa shape index (κ1) is 15.1. The van der Waals surface area contributed by atoms with Gasteiger partial charge in [0, 0.05) is 23.2 Å². The predicted molar refractivity (Wildman–Crippen MR) is 73.7 cm³/mol. The van der Waals surface area contributed by atoms with Crippen LogP contribution in [-0.4, -0.2) is 37.4 Å². The summed E-state index contributed by atoms with van der Waals surface area (Å²) in [4.78, 5) is 11.8. The summed E-state index contributed by atoms with van der Waals surface area (Å²) < 4.78 is 6.09. The summed E-state index contributed by atoms with van der Waals surface area (Å²) >= 11 is 3.40. The standard InChI is InChI=1S/C13H18BrNO3/c1-10-9-11(3-4-12(10)14)13(17)15-5-2-7-18-8-6-16/h3-4,9,16H,2,5-8H2,1H3,(H,15,17). The first-order valence-electron chi connectivity index (χ1n) is 5.88. The number of nitrogens with one attached hydrogen (secondary N) is 1. The lowest BCUT2D eigenvalue weighted by atomic mass is 10.1. The van der Waals surface area contributed by atoms with E-state index in [2.05, 4.69) is 21.2 Å². The summed E-state index contributed by atoms with van der Waals surface area (Å²) in [6.07, 6.45) is 0.737. The van der Waals surface area contributed by atoms with Gasteiger partial charge in [0.25, 0.3) is 5.91 Å². The van der Waals surface area contributed by atoms with Crippen LogP contribution in [0.15, 0.2) is 22.7 Å². The maximum Gasteiger partial charge on any atom is 0.251 e. The van der Waals surface area contributed by atoms with Gasteiger partial charge in [0.05, 0.1) is 13.2 Å². The number of ether oxygens (including phenoxy) is 1. The minimum absolute atomic E-state index is 0.0323. The molecule has 4 nitrogen and oxygen atoms in total. The minimum Gasteiger partial charge on any atom is -0.394 e. The van der Waals surface area contributed by atoms with Crippen molar-refractivity contribution in [3.8, 4) is 0 Å². The van der Waals surface area contributed by atoms with Crippen molar-refractivity contribution in [2.24, 2.45) is 0 Å². The molecule has 0 fully saturated rings. The number of carbonyl (C=O) groups excluding carboxylic acids is 1. The monoisotopic (exact) mass is 315 g/mol. The molecule has 1 amide bonds. The Balaban J connectivity index is 2.30. The zero-order chi connectivity index (χ0) is 13.4. The average Bonchev–Trinajstić information content (AvgIpc) is 2.36. The Morgan fingerprint density at radius 2 is 2.22 bits per heavy atom. The molecule has 0 saturated heterocycles. The van der Waals surface area contributed by atoms with Crippen LogP contribution in [0.1, 0.15) is 22.3 Å². The van der Waals surface area contributed by atoms with E-state index >= 15 is 0 Å². The lowest BCUT2D eigenvalue weighted by molar-refractivity contribution is 0.0867. The number of aliphatic hydroxyl groups is 1. The lowest BCUT2D eigenvalue weighted by Gasteiger charge is -2.07. The molecule has 0 saturated carbocycles. The topological polar surface area (TPSA) is 58.6 Å². The molecule has 18 heavy (non-hydrogen) atoms. The van der Waals surface area contributed by atoms with Gasteiger partial charge in [-0.25, -0.2) is 0 Å². The van der Waals surface area contributed by atoms with E-state index in [-0.39, 0.29) is 12.5 Å². The van der Waals surface area contributed by atoms with Crippen LogP contribution in [0.5, 0.6) is 0 Å². The fourth-order valence-electron chi connectivity index (χ4n) is 1.43. The van der Waals surface area contributed by atoms with Crippen LogP contribution < -0.4 is 5.32 Å². The van der Waals surface area contributed by atoms with Crippen molar-refractivity contribution in [2.75, 3.05) is 26.4 Å². The molecular weight excluding hydrogens is 298 g/mol. The average molecular weight is 316 g/mol. The number of halogens is 1. The molecule has 1 aromatic rings. The summed E-state index contributed by atoms with van der Waals surface area (Å²) in [5.41, 5.74) is 1.70. The quantitative estimate of drug-likeness (QED) is 0.755. The highest BCUT2D eigenvalue weighted by molar-refractivity contribution is 9.10. The van der Waals surface area contributed by atoms with Gasteiger partial charge in [0.15, 0.2) is 0 Å². The van der Waals surface area contributed by atoms with Crippen LogP contribution in [0.3, 0.4) is 0 Å². The molecule has 1 rings (SSSR count). The molecule has 100 valence electrons. The highest BCUT2D eigenvalue weighted by Crippen LogP contribution is 2.16. The van der Waals surface area contributed by atoms with Gasteiger partial charge in [0.2, 0.25) is 0 Å². The van der Waals surface area contributed by atoms with Crippen molar-refractivity contribution in [2.45, 2.75) is 13.3 Å². The summed E-state index contributed by atoms with van der Waals surface area (Å²) in [5.74, 6) is -0.0761. The third-order valence-corrected chi connectivity index (χ3v) is 3.30. The molecule has 5 heteroatoms. The van der Waals surface area contributed by atoms with Crippen LogP contribution in [0.4, 0.5) is 0 Å². The molecule has 1 aromatic carbocycles. The zero-order valence-corrected chi connectivity index (χ0v) is 12.0. The zero-order valence-electron chi connectivity index (χ0n) is 10.4. The Hall–Kier alpha value is -0.910. The first-order valence-corrected chi connectivity index (χ1v) is 6.67. The van der Waals surface area contributed by atoms with E-state index in [1.807, 2.05) is 19.1 Å². The smallest absolute Gasteiger partial charge is 0.251 e. The second-order valence-electron chi connectivity index (χ2n) is 3.91. The third-order valence-electron chi connectivity index (χ3n) is 2.41. The van der Waals surface area contributed by atoms with Crippen LogP contribution in [0, 0.1) is 6.92 Å². The normalized spacial score (nSPS) is 10.4. The number of benzene rings is 1. The van der Waals surface area contributed by atoms with Crippen molar-refractivity contribution in [1.29, 1.82) is 0 Å². The molecule has 0 aliphatic heterocycles. The van der Waals surface area contributed by atoms with E-state index in [0.29, 0.717) is 25.3 Å². The van der Waals surface area contributed by atoms with Crippen LogP contribution in [0.25, 0.3) is 0 Å². The maximum atomic E-state index is 11.8. The van der Waals surface area contributed by atoms with Crippen LogP contribution in [-0.2, 0) is 4.74 Å². The Kier molecular flexibility index (Phi) is 6.93. The number of aryl methyl sites for hydroxylation is 1. The summed E-state index contributed by atoms with van der Waals surface area (Å²) in [6, 6.07) is 5.50. The van der Waals surface area contributed by atoms with Crippen LogP contribution >= 0.6 is 15.9 Å². The number of hydrogen-bond acceptors (Lipinski definition) is 3. The molecule has 0 radical (unpaired) electrons. The predicted octanol–water partition coefficient (Wildman–Crippen LogP) is 1.89. The second-order valence-corrected chi connectivity index (χ2v) is 4.76. The molecule has 0 aliphatic carbocycles. The van der Waals surface area contributed by atoms with Crippen molar-refractivity contribution >= 4 is 21.8 Å². The Morgan fingerprint density at radius 3 is 2.89 bits per heavy atom. The fourth-order valence-corrected chi connectivity index (χ4v) is 1.68. The van der Waals surface area contributed by atoms with Gasteiger partial charge in [-0.05, 0) is 37.1 Å². The number of carbonyl (C=O) groups is 1. The molecule has 0 spiro atoms.